The van der Waals surface area contributed by atoms with Crippen molar-refractivity contribution in [3.05, 3.63) is 83.8 Å². The molecule has 1 saturated heterocycles. The minimum absolute atomic E-state index is 0.0274. The Morgan fingerprint density at radius 3 is 2.52 bits per heavy atom. The summed E-state index contributed by atoms with van der Waals surface area (Å²) in [5.41, 5.74) is 1.18. The fourth-order valence-electron chi connectivity index (χ4n) is 3.11. The van der Waals surface area contributed by atoms with E-state index in [1.807, 2.05) is 36.4 Å². The molecule has 0 aromatic heterocycles. The molecule has 1 heterocycles. The van der Waals surface area contributed by atoms with Crippen LogP contribution in [0.15, 0.2) is 72.4 Å². The number of carbonyl (C=O) groups is 3. The van der Waals surface area contributed by atoms with E-state index in [0.29, 0.717) is 11.3 Å². The van der Waals surface area contributed by atoms with E-state index < -0.39 is 30.2 Å². The van der Waals surface area contributed by atoms with Crippen molar-refractivity contribution >= 4 is 40.4 Å². The van der Waals surface area contributed by atoms with Gasteiger partial charge in [-0.2, -0.15) is 0 Å². The van der Waals surface area contributed by atoms with Crippen molar-refractivity contribution in [2.24, 2.45) is 0 Å². The monoisotopic (exact) mass is 389 g/mol. The van der Waals surface area contributed by atoms with Crippen LogP contribution in [0, 0.1) is 5.82 Å². The number of carbonyl (C=O) groups excluding carboxylic acids is 3. The topological polar surface area (TPSA) is 78.5 Å². The van der Waals surface area contributed by atoms with Crippen LogP contribution in [0.2, 0.25) is 0 Å². The molecule has 2 N–H and O–H groups in total. The van der Waals surface area contributed by atoms with Gasteiger partial charge >= 0.3 is 6.03 Å². The Labute approximate surface area is 165 Å². The zero-order valence-electron chi connectivity index (χ0n) is 15.2. The molecule has 0 unspecified atom stereocenters. The molecule has 144 valence electrons. The summed E-state index contributed by atoms with van der Waals surface area (Å²) in [6.07, 6.45) is 1.43. The van der Waals surface area contributed by atoms with E-state index in [0.717, 1.165) is 15.7 Å². The van der Waals surface area contributed by atoms with Crippen molar-refractivity contribution in [1.82, 2.24) is 10.2 Å². The van der Waals surface area contributed by atoms with Gasteiger partial charge in [-0.3, -0.25) is 9.59 Å². The van der Waals surface area contributed by atoms with E-state index in [2.05, 4.69) is 10.6 Å². The molecule has 1 aliphatic rings. The van der Waals surface area contributed by atoms with Gasteiger partial charge < -0.3 is 10.6 Å². The zero-order chi connectivity index (χ0) is 20.4. The highest BCUT2D eigenvalue weighted by Gasteiger charge is 2.34. The summed E-state index contributed by atoms with van der Waals surface area (Å²) in [5, 5.41) is 7.01. The first kappa shape index (κ1) is 18.4. The van der Waals surface area contributed by atoms with Gasteiger partial charge in [0.15, 0.2) is 0 Å². The molecule has 0 atom stereocenters. The van der Waals surface area contributed by atoms with Crippen LogP contribution in [0.1, 0.15) is 5.56 Å². The van der Waals surface area contributed by atoms with E-state index in [9.17, 15) is 18.8 Å². The van der Waals surface area contributed by atoms with Crippen LogP contribution in [0.25, 0.3) is 16.8 Å². The lowest BCUT2D eigenvalue weighted by molar-refractivity contribution is -0.127. The van der Waals surface area contributed by atoms with Gasteiger partial charge in [-0.1, -0.05) is 48.5 Å². The number of urea groups is 1. The molecular formula is C22H16FN3O3. The molecule has 0 saturated carbocycles. The summed E-state index contributed by atoms with van der Waals surface area (Å²) in [6, 6.07) is 17.9. The molecule has 7 heteroatoms. The standard InChI is InChI=1S/C22H16FN3O3/c23-16-10-8-14(9-11-16)12-19-21(28)26(22(29)25-19)13-20(27)24-18-7-3-5-15-4-1-2-6-17(15)18/h1-12H,13H2,(H,24,27)(H,25,29)/b19-12-. The Kier molecular flexibility index (Phi) is 4.78. The molecule has 1 fully saturated rings. The second-order valence-electron chi connectivity index (χ2n) is 6.51. The summed E-state index contributed by atoms with van der Waals surface area (Å²) in [4.78, 5) is 37.9. The molecule has 29 heavy (non-hydrogen) atoms. The molecule has 0 spiro atoms. The van der Waals surface area contributed by atoms with E-state index >= 15 is 0 Å². The number of amides is 4. The van der Waals surface area contributed by atoms with Gasteiger partial charge in [0.2, 0.25) is 5.91 Å². The molecule has 1 aliphatic heterocycles. The van der Waals surface area contributed by atoms with Crippen molar-refractivity contribution in [2.75, 3.05) is 11.9 Å². The number of fused-ring (bicyclic) bond motifs is 1. The van der Waals surface area contributed by atoms with Crippen molar-refractivity contribution in [3.63, 3.8) is 0 Å². The lowest BCUT2D eigenvalue weighted by atomic mass is 10.1. The van der Waals surface area contributed by atoms with Crippen LogP contribution in [-0.2, 0) is 9.59 Å². The fourth-order valence-corrected chi connectivity index (χ4v) is 3.11. The number of halogens is 1. The minimum atomic E-state index is -0.684. The predicted molar refractivity (Wildman–Crippen MR) is 107 cm³/mol. The molecule has 6 nitrogen and oxygen atoms in total. The number of anilines is 1. The third-order valence-corrected chi connectivity index (χ3v) is 4.51. The maximum absolute atomic E-state index is 13.0. The van der Waals surface area contributed by atoms with Crippen LogP contribution in [0.4, 0.5) is 14.9 Å². The highest BCUT2D eigenvalue weighted by atomic mass is 19.1. The Morgan fingerprint density at radius 2 is 1.72 bits per heavy atom. The van der Waals surface area contributed by atoms with Gasteiger partial charge in [0, 0.05) is 11.1 Å². The Bertz CT molecular complexity index is 1150. The Hall–Kier alpha value is -4.00. The summed E-state index contributed by atoms with van der Waals surface area (Å²) < 4.78 is 13.0. The van der Waals surface area contributed by atoms with Crippen LogP contribution >= 0.6 is 0 Å². The van der Waals surface area contributed by atoms with Gasteiger partial charge in [-0.25, -0.2) is 14.1 Å². The van der Waals surface area contributed by atoms with E-state index in [1.54, 1.807) is 6.07 Å². The zero-order valence-corrected chi connectivity index (χ0v) is 15.2. The second kappa shape index (κ2) is 7.55. The number of nitrogens with zero attached hydrogens (tertiary/aromatic N) is 1. The van der Waals surface area contributed by atoms with Crippen LogP contribution < -0.4 is 10.6 Å². The lowest BCUT2D eigenvalue weighted by Gasteiger charge is -2.13. The summed E-state index contributed by atoms with van der Waals surface area (Å²) >= 11 is 0. The maximum atomic E-state index is 13.0. The third-order valence-electron chi connectivity index (χ3n) is 4.51. The van der Waals surface area contributed by atoms with Crippen molar-refractivity contribution in [3.8, 4) is 0 Å². The molecular weight excluding hydrogens is 373 g/mol. The molecule has 4 amide bonds. The van der Waals surface area contributed by atoms with Crippen LogP contribution in [0.5, 0.6) is 0 Å². The number of rotatable bonds is 4. The van der Waals surface area contributed by atoms with E-state index in [1.165, 1.54) is 30.3 Å². The van der Waals surface area contributed by atoms with Crippen molar-refractivity contribution in [1.29, 1.82) is 0 Å². The molecule has 3 aromatic carbocycles. The van der Waals surface area contributed by atoms with Crippen molar-refractivity contribution in [2.45, 2.75) is 0 Å². The largest absolute Gasteiger partial charge is 0.329 e. The minimum Gasteiger partial charge on any atom is -0.324 e. The molecule has 0 bridgehead atoms. The fraction of sp³-hybridized carbons (Fsp3) is 0.0455. The number of hydrogen-bond acceptors (Lipinski definition) is 3. The molecule has 0 aliphatic carbocycles. The molecule has 0 radical (unpaired) electrons. The highest BCUT2D eigenvalue weighted by Crippen LogP contribution is 2.23. The van der Waals surface area contributed by atoms with Crippen LogP contribution in [-0.4, -0.2) is 29.3 Å². The number of benzene rings is 3. The highest BCUT2D eigenvalue weighted by molar-refractivity contribution is 6.16. The number of hydrogen-bond donors (Lipinski definition) is 2. The summed E-state index contributed by atoms with van der Waals surface area (Å²) in [7, 11) is 0. The average Bonchev–Trinajstić information content (AvgIpc) is 2.97. The first-order valence-corrected chi connectivity index (χ1v) is 8.89. The van der Waals surface area contributed by atoms with Gasteiger partial charge in [0.25, 0.3) is 5.91 Å². The lowest BCUT2D eigenvalue weighted by Crippen LogP contribution is -2.38. The molecule has 4 rings (SSSR count). The first-order valence-electron chi connectivity index (χ1n) is 8.89. The average molecular weight is 389 g/mol. The third kappa shape index (κ3) is 3.84. The predicted octanol–water partition coefficient (Wildman–Crippen LogP) is 3.51. The molecule has 3 aromatic rings. The number of imide groups is 1. The van der Waals surface area contributed by atoms with Gasteiger partial charge in [0.1, 0.15) is 18.1 Å². The van der Waals surface area contributed by atoms with Gasteiger partial charge in [-0.15, -0.1) is 0 Å². The van der Waals surface area contributed by atoms with Crippen molar-refractivity contribution < 1.29 is 18.8 Å². The normalized spacial score (nSPS) is 15.1. The van der Waals surface area contributed by atoms with Gasteiger partial charge in [-0.05, 0) is 35.2 Å². The number of nitrogens with one attached hydrogen (secondary N) is 2. The quantitative estimate of drug-likeness (QED) is 0.529. The first-order chi connectivity index (χ1) is 14.0. The van der Waals surface area contributed by atoms with E-state index in [-0.39, 0.29) is 5.70 Å². The Balaban J connectivity index is 1.48. The van der Waals surface area contributed by atoms with Crippen LogP contribution in [0.3, 0.4) is 0 Å². The summed E-state index contributed by atoms with van der Waals surface area (Å²) in [6.45, 7) is -0.422. The maximum Gasteiger partial charge on any atom is 0.329 e. The second-order valence-corrected chi connectivity index (χ2v) is 6.51. The summed E-state index contributed by atoms with van der Waals surface area (Å²) in [5.74, 6) is -1.51. The Morgan fingerprint density at radius 1 is 1.00 bits per heavy atom. The SMILES string of the molecule is O=C(CN1C(=O)N/C(=C\c2ccc(F)cc2)C1=O)Nc1cccc2ccccc12. The smallest absolute Gasteiger partial charge is 0.324 e. The van der Waals surface area contributed by atoms with E-state index in [4.69, 9.17) is 0 Å². The van der Waals surface area contributed by atoms with Gasteiger partial charge in [0.05, 0.1) is 0 Å².